The van der Waals surface area contributed by atoms with Crippen molar-refractivity contribution in [2.45, 2.75) is 39.2 Å². The van der Waals surface area contributed by atoms with Crippen LogP contribution in [0.5, 0.6) is 5.75 Å². The molecule has 8 heteroatoms. The largest absolute Gasteiger partial charge is 0.490 e. The second-order valence-corrected chi connectivity index (χ2v) is 7.64. The molecule has 0 amide bonds. The molecule has 0 aliphatic heterocycles. The molecule has 0 spiro atoms. The van der Waals surface area contributed by atoms with E-state index >= 15 is 0 Å². The SMILES string of the molecule is CC(C)C[C@](C)(N)COc1ccc(-c2ccnc3[nH]cc(F)c23)nc1C(F)F. The summed E-state index contributed by atoms with van der Waals surface area (Å²) in [5.41, 5.74) is 5.95. The molecule has 0 aliphatic rings. The van der Waals surface area contributed by atoms with Gasteiger partial charge in [-0.3, -0.25) is 0 Å². The van der Waals surface area contributed by atoms with Crippen LogP contribution in [0.15, 0.2) is 30.6 Å². The second kappa shape index (κ2) is 7.79. The van der Waals surface area contributed by atoms with Crippen molar-refractivity contribution in [3.8, 4) is 17.0 Å². The van der Waals surface area contributed by atoms with Crippen LogP contribution in [-0.2, 0) is 0 Å². The molecule has 0 aromatic carbocycles. The molecule has 3 N–H and O–H groups in total. The predicted octanol–water partition coefficient (Wildman–Crippen LogP) is 4.84. The number of aromatic amines is 1. The van der Waals surface area contributed by atoms with Crippen molar-refractivity contribution in [2.24, 2.45) is 11.7 Å². The first-order chi connectivity index (χ1) is 13.2. The fourth-order valence-electron chi connectivity index (χ4n) is 3.36. The molecule has 3 aromatic heterocycles. The van der Waals surface area contributed by atoms with Crippen LogP contribution >= 0.6 is 0 Å². The molecular formula is C20H23F3N4O. The minimum atomic E-state index is -2.85. The number of nitrogens with zero attached hydrogens (tertiary/aromatic N) is 2. The minimum Gasteiger partial charge on any atom is -0.490 e. The van der Waals surface area contributed by atoms with Gasteiger partial charge in [0.15, 0.2) is 5.82 Å². The number of nitrogens with two attached hydrogens (primary N) is 1. The summed E-state index contributed by atoms with van der Waals surface area (Å²) in [6.07, 6.45) is 0.471. The van der Waals surface area contributed by atoms with Gasteiger partial charge >= 0.3 is 0 Å². The van der Waals surface area contributed by atoms with E-state index in [0.717, 1.165) is 0 Å². The molecule has 3 aromatic rings. The molecule has 3 heterocycles. The van der Waals surface area contributed by atoms with Crippen molar-refractivity contribution < 1.29 is 17.9 Å². The van der Waals surface area contributed by atoms with Crippen LogP contribution in [0.1, 0.15) is 39.3 Å². The van der Waals surface area contributed by atoms with Gasteiger partial charge in [0.05, 0.1) is 11.1 Å². The average Bonchev–Trinajstić information content (AvgIpc) is 3.00. The summed E-state index contributed by atoms with van der Waals surface area (Å²) < 4.78 is 46.9. The summed E-state index contributed by atoms with van der Waals surface area (Å²) in [4.78, 5) is 10.8. The maximum atomic E-state index is 14.1. The van der Waals surface area contributed by atoms with E-state index in [9.17, 15) is 13.2 Å². The Morgan fingerprint density at radius 2 is 2.00 bits per heavy atom. The number of ether oxygens (including phenoxy) is 1. The third-order valence-electron chi connectivity index (χ3n) is 4.33. The maximum Gasteiger partial charge on any atom is 0.284 e. The van der Waals surface area contributed by atoms with Crippen molar-refractivity contribution in [1.29, 1.82) is 0 Å². The molecule has 0 saturated heterocycles. The van der Waals surface area contributed by atoms with Crippen LogP contribution in [0.2, 0.25) is 0 Å². The summed E-state index contributed by atoms with van der Waals surface area (Å²) in [6.45, 7) is 5.96. The van der Waals surface area contributed by atoms with Gasteiger partial charge in [0.2, 0.25) is 0 Å². The number of halogens is 3. The third kappa shape index (κ3) is 4.27. The molecular weight excluding hydrogens is 369 g/mol. The Bertz CT molecular complexity index is 969. The highest BCUT2D eigenvalue weighted by atomic mass is 19.3. The first-order valence-electron chi connectivity index (χ1n) is 9.00. The number of hydrogen-bond donors (Lipinski definition) is 2. The first kappa shape index (κ1) is 20.1. The molecule has 28 heavy (non-hydrogen) atoms. The van der Waals surface area contributed by atoms with Crippen LogP contribution in [0, 0.1) is 11.7 Å². The van der Waals surface area contributed by atoms with Gasteiger partial charge in [-0.25, -0.2) is 23.1 Å². The highest BCUT2D eigenvalue weighted by Crippen LogP contribution is 2.34. The number of nitrogens with one attached hydrogen (secondary N) is 1. The van der Waals surface area contributed by atoms with Gasteiger partial charge in [-0.2, -0.15) is 0 Å². The number of fused-ring (bicyclic) bond motifs is 1. The smallest absolute Gasteiger partial charge is 0.284 e. The minimum absolute atomic E-state index is 0.0287. The Labute approximate surface area is 161 Å². The molecule has 5 nitrogen and oxygen atoms in total. The van der Waals surface area contributed by atoms with Crippen LogP contribution in [-0.4, -0.2) is 27.1 Å². The van der Waals surface area contributed by atoms with Gasteiger partial charge in [-0.1, -0.05) is 13.8 Å². The Morgan fingerprint density at radius 1 is 1.25 bits per heavy atom. The van der Waals surface area contributed by atoms with Gasteiger partial charge in [-0.05, 0) is 37.5 Å². The van der Waals surface area contributed by atoms with Gasteiger partial charge in [0.25, 0.3) is 6.43 Å². The lowest BCUT2D eigenvalue weighted by molar-refractivity contribution is 0.134. The van der Waals surface area contributed by atoms with Gasteiger partial charge in [0.1, 0.15) is 23.7 Å². The molecule has 0 bridgehead atoms. The Hall–Kier alpha value is -2.61. The highest BCUT2D eigenvalue weighted by molar-refractivity contribution is 5.92. The fourth-order valence-corrected chi connectivity index (χ4v) is 3.36. The Morgan fingerprint density at radius 3 is 2.68 bits per heavy atom. The van der Waals surface area contributed by atoms with Crippen molar-refractivity contribution in [1.82, 2.24) is 15.0 Å². The molecule has 0 unspecified atom stereocenters. The second-order valence-electron chi connectivity index (χ2n) is 7.64. The van der Waals surface area contributed by atoms with Crippen molar-refractivity contribution in [3.05, 3.63) is 42.1 Å². The molecule has 3 rings (SSSR count). The molecule has 0 saturated carbocycles. The van der Waals surface area contributed by atoms with E-state index in [2.05, 4.69) is 15.0 Å². The summed E-state index contributed by atoms with van der Waals surface area (Å²) in [5.74, 6) is -0.204. The summed E-state index contributed by atoms with van der Waals surface area (Å²) >= 11 is 0. The van der Waals surface area contributed by atoms with Gasteiger partial charge in [0, 0.05) is 23.5 Å². The molecule has 0 radical (unpaired) electrons. The highest BCUT2D eigenvalue weighted by Gasteiger charge is 2.24. The normalized spacial score (nSPS) is 14.0. The van der Waals surface area contributed by atoms with Crippen molar-refractivity contribution >= 4 is 11.0 Å². The number of aromatic nitrogens is 3. The van der Waals surface area contributed by atoms with Crippen molar-refractivity contribution in [3.63, 3.8) is 0 Å². The molecule has 1 atom stereocenters. The maximum absolute atomic E-state index is 14.1. The monoisotopic (exact) mass is 392 g/mol. The van der Waals surface area contributed by atoms with Crippen LogP contribution in [0.25, 0.3) is 22.3 Å². The zero-order valence-corrected chi connectivity index (χ0v) is 16.0. The van der Waals surface area contributed by atoms with Crippen LogP contribution in [0.4, 0.5) is 13.2 Å². The lowest BCUT2D eigenvalue weighted by atomic mass is 9.93. The lowest BCUT2D eigenvalue weighted by Crippen LogP contribution is -2.43. The van der Waals surface area contributed by atoms with E-state index in [4.69, 9.17) is 10.5 Å². The third-order valence-corrected chi connectivity index (χ3v) is 4.33. The van der Waals surface area contributed by atoms with Gasteiger partial charge < -0.3 is 15.5 Å². The average molecular weight is 392 g/mol. The molecule has 0 fully saturated rings. The zero-order valence-electron chi connectivity index (χ0n) is 16.0. The summed E-state index contributed by atoms with van der Waals surface area (Å²) in [6, 6.07) is 4.49. The van der Waals surface area contributed by atoms with E-state index in [1.54, 1.807) is 0 Å². The van der Waals surface area contributed by atoms with E-state index in [0.29, 0.717) is 23.5 Å². The summed E-state index contributed by atoms with van der Waals surface area (Å²) in [5, 5.41) is 0.204. The number of pyridine rings is 2. The molecule has 150 valence electrons. The van der Waals surface area contributed by atoms with E-state index in [1.165, 1.54) is 30.6 Å². The van der Waals surface area contributed by atoms with E-state index in [-0.39, 0.29) is 23.4 Å². The van der Waals surface area contributed by atoms with Crippen LogP contribution < -0.4 is 10.5 Å². The zero-order chi connectivity index (χ0) is 20.5. The van der Waals surface area contributed by atoms with Crippen molar-refractivity contribution in [2.75, 3.05) is 6.61 Å². The van der Waals surface area contributed by atoms with E-state index < -0.39 is 23.5 Å². The number of H-pyrrole nitrogens is 1. The number of hydrogen-bond acceptors (Lipinski definition) is 4. The first-order valence-corrected chi connectivity index (χ1v) is 9.00. The van der Waals surface area contributed by atoms with Gasteiger partial charge in [-0.15, -0.1) is 0 Å². The number of alkyl halides is 2. The Kier molecular flexibility index (Phi) is 5.60. The standard InChI is InChI=1S/C20H23F3N4O/c1-11(2)8-20(3,24)10-28-15-5-4-14(27-17(15)18(22)23)12-6-7-25-19-16(12)13(21)9-26-19/h4-7,9,11,18H,8,10,24H2,1-3H3,(H,25,26)/t20-/m0/s1. The predicted molar refractivity (Wildman–Crippen MR) is 102 cm³/mol. The quantitative estimate of drug-likeness (QED) is 0.603. The summed E-state index contributed by atoms with van der Waals surface area (Å²) in [7, 11) is 0. The van der Waals surface area contributed by atoms with Crippen LogP contribution in [0.3, 0.4) is 0 Å². The molecule has 0 aliphatic carbocycles. The Balaban J connectivity index is 1.94. The fraction of sp³-hybridized carbons (Fsp3) is 0.400. The number of rotatable bonds is 7. The van der Waals surface area contributed by atoms with E-state index in [1.807, 2.05) is 20.8 Å². The lowest BCUT2D eigenvalue weighted by Gasteiger charge is -2.27. The topological polar surface area (TPSA) is 76.8 Å².